The van der Waals surface area contributed by atoms with Gasteiger partial charge in [0.2, 0.25) is 0 Å². The SMILES string of the molecule is Cc1ccccc1C1NC(=O)N=C2COC(=O)C21. The van der Waals surface area contributed by atoms with Crippen LogP contribution in [0.1, 0.15) is 17.2 Å². The van der Waals surface area contributed by atoms with Crippen molar-refractivity contribution >= 4 is 17.7 Å². The van der Waals surface area contributed by atoms with Gasteiger partial charge in [-0.15, -0.1) is 0 Å². The number of aryl methyl sites for hydroxylation is 1. The topological polar surface area (TPSA) is 67.8 Å². The van der Waals surface area contributed by atoms with Crippen LogP contribution in [0.2, 0.25) is 0 Å². The first-order valence-electron chi connectivity index (χ1n) is 5.77. The largest absolute Gasteiger partial charge is 0.459 e. The summed E-state index contributed by atoms with van der Waals surface area (Å²) in [7, 11) is 0. The highest BCUT2D eigenvalue weighted by Gasteiger charge is 2.44. The molecule has 0 bridgehead atoms. The van der Waals surface area contributed by atoms with Gasteiger partial charge < -0.3 is 10.1 Å². The molecule has 3 rings (SSSR count). The predicted molar refractivity (Wildman–Crippen MR) is 64.3 cm³/mol. The minimum absolute atomic E-state index is 0.124. The maximum absolute atomic E-state index is 11.8. The molecule has 1 aromatic rings. The minimum Gasteiger partial charge on any atom is -0.459 e. The molecule has 0 saturated carbocycles. The fourth-order valence-electron chi connectivity index (χ4n) is 2.46. The molecule has 2 aliphatic rings. The minimum atomic E-state index is -0.483. The smallest absolute Gasteiger partial charge is 0.341 e. The fourth-order valence-corrected chi connectivity index (χ4v) is 2.46. The van der Waals surface area contributed by atoms with E-state index in [2.05, 4.69) is 10.3 Å². The summed E-state index contributed by atoms with van der Waals surface area (Å²) in [5, 5.41) is 2.75. The number of benzene rings is 1. The number of hydrogen-bond donors (Lipinski definition) is 1. The second-order valence-electron chi connectivity index (χ2n) is 4.47. The molecule has 5 heteroatoms. The van der Waals surface area contributed by atoms with Crippen molar-refractivity contribution in [1.29, 1.82) is 0 Å². The quantitative estimate of drug-likeness (QED) is 0.759. The van der Waals surface area contributed by atoms with Crippen molar-refractivity contribution < 1.29 is 14.3 Å². The Hall–Kier alpha value is -2.17. The Bertz CT molecular complexity index is 565. The van der Waals surface area contributed by atoms with Crippen LogP contribution in [0.15, 0.2) is 29.3 Å². The third-order valence-corrected chi connectivity index (χ3v) is 3.36. The molecule has 0 aliphatic carbocycles. The van der Waals surface area contributed by atoms with Crippen LogP contribution < -0.4 is 5.32 Å². The van der Waals surface area contributed by atoms with Crippen molar-refractivity contribution in [2.45, 2.75) is 13.0 Å². The number of ether oxygens (including phenoxy) is 1. The Morgan fingerprint density at radius 2 is 2.11 bits per heavy atom. The van der Waals surface area contributed by atoms with Gasteiger partial charge in [0.05, 0.1) is 11.8 Å². The molecule has 92 valence electrons. The molecule has 2 heterocycles. The maximum atomic E-state index is 11.8. The number of carbonyl (C=O) groups excluding carboxylic acids is 2. The Morgan fingerprint density at radius 1 is 1.33 bits per heavy atom. The number of cyclic esters (lactones) is 1. The van der Waals surface area contributed by atoms with Gasteiger partial charge in [0, 0.05) is 0 Å². The van der Waals surface area contributed by atoms with Crippen molar-refractivity contribution in [3.8, 4) is 0 Å². The molecule has 1 saturated heterocycles. The average molecular weight is 244 g/mol. The molecule has 2 amide bonds. The van der Waals surface area contributed by atoms with E-state index in [9.17, 15) is 9.59 Å². The summed E-state index contributed by atoms with van der Waals surface area (Å²) in [4.78, 5) is 27.1. The lowest BCUT2D eigenvalue weighted by Crippen LogP contribution is -2.41. The van der Waals surface area contributed by atoms with Gasteiger partial charge in [0.25, 0.3) is 0 Å². The van der Waals surface area contributed by atoms with E-state index in [0.717, 1.165) is 11.1 Å². The van der Waals surface area contributed by atoms with E-state index in [1.165, 1.54) is 0 Å². The molecule has 18 heavy (non-hydrogen) atoms. The van der Waals surface area contributed by atoms with E-state index in [1.54, 1.807) is 0 Å². The average Bonchev–Trinajstić information content (AvgIpc) is 2.71. The highest BCUT2D eigenvalue weighted by atomic mass is 16.5. The standard InChI is InChI=1S/C13H12N2O3/c1-7-4-2-3-5-8(7)11-10-9(6-18-12(10)16)14-13(17)15-11/h2-5,10-11H,6H2,1H3,(H,15,17). The number of aliphatic imine (C=N–C) groups is 1. The lowest BCUT2D eigenvalue weighted by Gasteiger charge is -2.26. The normalized spacial score (nSPS) is 26.2. The van der Waals surface area contributed by atoms with Crippen LogP contribution in [0.4, 0.5) is 4.79 Å². The zero-order valence-electron chi connectivity index (χ0n) is 9.84. The van der Waals surface area contributed by atoms with Crippen LogP contribution >= 0.6 is 0 Å². The van der Waals surface area contributed by atoms with Gasteiger partial charge in [-0.25, -0.2) is 4.79 Å². The summed E-state index contributed by atoms with van der Waals surface area (Å²) in [6, 6.07) is 6.89. The number of amides is 2. The summed E-state index contributed by atoms with van der Waals surface area (Å²) in [5.41, 5.74) is 2.49. The number of fused-ring (bicyclic) bond motifs is 1. The van der Waals surface area contributed by atoms with Crippen molar-refractivity contribution in [2.75, 3.05) is 6.61 Å². The van der Waals surface area contributed by atoms with Crippen molar-refractivity contribution in [3.05, 3.63) is 35.4 Å². The molecular formula is C13H12N2O3. The molecule has 0 aromatic heterocycles. The maximum Gasteiger partial charge on any atom is 0.341 e. The van der Waals surface area contributed by atoms with Gasteiger partial charge in [0.1, 0.15) is 12.5 Å². The molecule has 5 nitrogen and oxygen atoms in total. The van der Waals surface area contributed by atoms with Crippen LogP contribution in [-0.4, -0.2) is 24.3 Å². The first-order valence-corrected chi connectivity index (χ1v) is 5.77. The second-order valence-corrected chi connectivity index (χ2v) is 4.47. The first kappa shape index (κ1) is 11.0. The van der Waals surface area contributed by atoms with E-state index in [0.29, 0.717) is 5.71 Å². The highest BCUT2D eigenvalue weighted by molar-refractivity contribution is 6.13. The first-order chi connectivity index (χ1) is 8.66. The van der Waals surface area contributed by atoms with Crippen LogP contribution in [0, 0.1) is 12.8 Å². The molecule has 2 aliphatic heterocycles. The molecule has 2 unspecified atom stereocenters. The van der Waals surface area contributed by atoms with Gasteiger partial charge in [-0.3, -0.25) is 4.79 Å². The molecule has 0 radical (unpaired) electrons. The number of hydrogen-bond acceptors (Lipinski definition) is 3. The van der Waals surface area contributed by atoms with Gasteiger partial charge in [-0.05, 0) is 18.1 Å². The van der Waals surface area contributed by atoms with Gasteiger partial charge in [-0.2, -0.15) is 4.99 Å². The summed E-state index contributed by atoms with van der Waals surface area (Å²) in [6.07, 6.45) is 0. The zero-order chi connectivity index (χ0) is 12.7. The van der Waals surface area contributed by atoms with E-state index in [-0.39, 0.29) is 18.6 Å². The van der Waals surface area contributed by atoms with Gasteiger partial charge in [-0.1, -0.05) is 24.3 Å². The summed E-state index contributed by atoms with van der Waals surface area (Å²) < 4.78 is 4.98. The number of nitrogens with one attached hydrogen (secondary N) is 1. The van der Waals surface area contributed by atoms with Gasteiger partial charge >= 0.3 is 12.0 Å². The Balaban J connectivity index is 2.07. The number of esters is 1. The van der Waals surface area contributed by atoms with E-state index in [1.807, 2.05) is 31.2 Å². The Morgan fingerprint density at radius 3 is 2.89 bits per heavy atom. The second kappa shape index (κ2) is 3.94. The van der Waals surface area contributed by atoms with E-state index >= 15 is 0 Å². The number of nitrogens with zero attached hydrogens (tertiary/aromatic N) is 1. The number of carbonyl (C=O) groups is 2. The van der Waals surface area contributed by atoms with Crippen LogP contribution in [0.25, 0.3) is 0 Å². The summed E-state index contributed by atoms with van der Waals surface area (Å²) >= 11 is 0. The molecule has 1 aromatic carbocycles. The zero-order valence-corrected chi connectivity index (χ0v) is 9.84. The molecule has 2 atom stereocenters. The van der Waals surface area contributed by atoms with E-state index in [4.69, 9.17) is 4.74 Å². The Labute approximate surface area is 104 Å². The van der Waals surface area contributed by atoms with Crippen LogP contribution in [0.5, 0.6) is 0 Å². The summed E-state index contributed by atoms with van der Waals surface area (Å²) in [5.74, 6) is -0.800. The molecular weight excluding hydrogens is 232 g/mol. The van der Waals surface area contributed by atoms with Crippen molar-refractivity contribution in [1.82, 2.24) is 5.32 Å². The van der Waals surface area contributed by atoms with E-state index < -0.39 is 11.9 Å². The molecule has 1 N–H and O–H groups in total. The lowest BCUT2D eigenvalue weighted by atomic mass is 9.87. The third-order valence-electron chi connectivity index (χ3n) is 3.36. The van der Waals surface area contributed by atoms with Crippen molar-refractivity contribution in [2.24, 2.45) is 10.9 Å². The third kappa shape index (κ3) is 1.59. The number of rotatable bonds is 1. The van der Waals surface area contributed by atoms with Crippen LogP contribution in [0.3, 0.4) is 0 Å². The predicted octanol–water partition coefficient (Wildman–Crippen LogP) is 1.37. The Kier molecular flexibility index (Phi) is 2.40. The fraction of sp³-hybridized carbons (Fsp3) is 0.308. The lowest BCUT2D eigenvalue weighted by molar-refractivity contribution is -0.141. The number of urea groups is 1. The monoisotopic (exact) mass is 244 g/mol. The van der Waals surface area contributed by atoms with Gasteiger partial charge in [0.15, 0.2) is 0 Å². The van der Waals surface area contributed by atoms with Crippen LogP contribution in [-0.2, 0) is 9.53 Å². The molecule has 0 spiro atoms. The molecule has 1 fully saturated rings. The van der Waals surface area contributed by atoms with Crippen molar-refractivity contribution in [3.63, 3.8) is 0 Å². The summed E-state index contributed by atoms with van der Waals surface area (Å²) in [6.45, 7) is 2.08. The highest BCUT2D eigenvalue weighted by Crippen LogP contribution is 2.32.